The Kier molecular flexibility index (Phi) is 4.06. The van der Waals surface area contributed by atoms with Crippen LogP contribution in [0.4, 0.5) is 4.79 Å². The molecule has 2 amide bonds. The Balaban J connectivity index is 1.93. The molecule has 2 rings (SSSR count). The number of piperidine rings is 2. The van der Waals surface area contributed by atoms with Crippen molar-refractivity contribution in [2.24, 2.45) is 11.7 Å². The molecule has 0 aromatic carbocycles. The van der Waals surface area contributed by atoms with Gasteiger partial charge in [-0.1, -0.05) is 0 Å². The van der Waals surface area contributed by atoms with Crippen LogP contribution < -0.4 is 5.73 Å². The Morgan fingerprint density at radius 3 is 2.28 bits per heavy atom. The normalized spacial score (nSPS) is 29.2. The third-order valence-electron chi connectivity index (χ3n) is 3.77. The number of nitrogens with two attached hydrogens (primary N) is 1. The van der Waals surface area contributed by atoms with Gasteiger partial charge in [-0.15, -0.1) is 0 Å². The summed E-state index contributed by atoms with van der Waals surface area (Å²) in [4.78, 5) is 26.7. The zero-order valence-corrected chi connectivity index (χ0v) is 10.5. The first kappa shape index (κ1) is 13.1. The molecular weight excluding hydrogens is 234 g/mol. The summed E-state index contributed by atoms with van der Waals surface area (Å²) in [6, 6.07) is 0.0128. The molecule has 2 aliphatic heterocycles. The number of carbonyl (C=O) groups is 2. The molecule has 0 aromatic rings. The van der Waals surface area contributed by atoms with Gasteiger partial charge in [0.15, 0.2) is 0 Å². The van der Waals surface area contributed by atoms with Gasteiger partial charge in [-0.3, -0.25) is 4.79 Å². The summed E-state index contributed by atoms with van der Waals surface area (Å²) in [5.74, 6) is -1.22. The van der Waals surface area contributed by atoms with Crippen molar-refractivity contribution >= 4 is 12.0 Å². The lowest BCUT2D eigenvalue weighted by Crippen LogP contribution is -2.53. The van der Waals surface area contributed by atoms with Crippen molar-refractivity contribution in [2.75, 3.05) is 26.2 Å². The second-order valence-electron chi connectivity index (χ2n) is 5.25. The average molecular weight is 255 g/mol. The monoisotopic (exact) mass is 255 g/mol. The molecule has 0 radical (unpaired) electrons. The third kappa shape index (κ3) is 2.93. The average Bonchev–Trinajstić information content (AvgIpc) is 2.38. The van der Waals surface area contributed by atoms with Crippen molar-refractivity contribution in [1.29, 1.82) is 0 Å². The van der Waals surface area contributed by atoms with E-state index in [1.54, 1.807) is 9.80 Å². The van der Waals surface area contributed by atoms with Crippen molar-refractivity contribution in [2.45, 2.75) is 31.7 Å². The lowest BCUT2D eigenvalue weighted by Gasteiger charge is -2.38. The summed E-state index contributed by atoms with van der Waals surface area (Å²) < 4.78 is 0. The zero-order chi connectivity index (χ0) is 13.1. The van der Waals surface area contributed by atoms with E-state index < -0.39 is 11.9 Å². The minimum absolute atomic E-state index is 0.0453. The Morgan fingerprint density at radius 1 is 1.06 bits per heavy atom. The number of likely N-dealkylation sites (tertiary alicyclic amines) is 2. The maximum Gasteiger partial charge on any atom is 0.320 e. The number of carbonyl (C=O) groups excluding carboxylic acids is 1. The van der Waals surface area contributed by atoms with Crippen molar-refractivity contribution in [3.8, 4) is 0 Å². The van der Waals surface area contributed by atoms with Gasteiger partial charge in [0.25, 0.3) is 0 Å². The van der Waals surface area contributed by atoms with Gasteiger partial charge in [0.05, 0.1) is 5.92 Å². The summed E-state index contributed by atoms with van der Waals surface area (Å²) >= 11 is 0. The second-order valence-corrected chi connectivity index (χ2v) is 5.25. The fraction of sp³-hybridized carbons (Fsp3) is 0.833. The number of carboxylic acids is 1. The summed E-state index contributed by atoms with van der Waals surface area (Å²) in [6.45, 7) is 2.32. The molecule has 2 aliphatic rings. The van der Waals surface area contributed by atoms with E-state index in [0.29, 0.717) is 26.1 Å². The van der Waals surface area contributed by atoms with Crippen LogP contribution >= 0.6 is 0 Å². The van der Waals surface area contributed by atoms with Crippen LogP contribution in [0.5, 0.6) is 0 Å². The number of carboxylic acid groups (broad SMARTS) is 1. The molecule has 6 nitrogen and oxygen atoms in total. The highest BCUT2D eigenvalue weighted by molar-refractivity contribution is 5.76. The Labute approximate surface area is 107 Å². The molecule has 2 heterocycles. The van der Waals surface area contributed by atoms with Gasteiger partial charge in [0, 0.05) is 32.2 Å². The van der Waals surface area contributed by atoms with Gasteiger partial charge in [-0.05, 0) is 25.7 Å². The number of rotatable bonds is 1. The smallest absolute Gasteiger partial charge is 0.320 e. The first-order chi connectivity index (χ1) is 8.58. The van der Waals surface area contributed by atoms with E-state index in [-0.39, 0.29) is 12.1 Å². The van der Waals surface area contributed by atoms with E-state index in [1.165, 1.54) is 0 Å². The van der Waals surface area contributed by atoms with Crippen LogP contribution in [0.15, 0.2) is 0 Å². The zero-order valence-electron chi connectivity index (χ0n) is 10.5. The molecule has 0 saturated carbocycles. The Morgan fingerprint density at radius 2 is 1.67 bits per heavy atom. The van der Waals surface area contributed by atoms with E-state index in [2.05, 4.69) is 0 Å². The molecule has 0 aliphatic carbocycles. The van der Waals surface area contributed by atoms with Gasteiger partial charge < -0.3 is 20.6 Å². The lowest BCUT2D eigenvalue weighted by atomic mass is 9.98. The number of nitrogens with zero attached hydrogens (tertiary/aromatic N) is 2. The molecule has 6 heteroatoms. The largest absolute Gasteiger partial charge is 0.481 e. The molecule has 2 unspecified atom stereocenters. The molecule has 2 saturated heterocycles. The fourth-order valence-corrected chi connectivity index (χ4v) is 2.74. The first-order valence-corrected chi connectivity index (χ1v) is 6.60. The van der Waals surface area contributed by atoms with E-state index in [1.807, 2.05) is 0 Å². The number of hydrogen-bond donors (Lipinski definition) is 2. The minimum atomic E-state index is -0.803. The topological polar surface area (TPSA) is 86.9 Å². The predicted octanol–water partition coefficient (Wildman–Crippen LogP) is 0.326. The molecule has 0 aromatic heterocycles. The van der Waals surface area contributed by atoms with Crippen molar-refractivity contribution < 1.29 is 14.7 Å². The van der Waals surface area contributed by atoms with Crippen LogP contribution in [0.1, 0.15) is 25.7 Å². The number of aliphatic carboxylic acids is 1. The van der Waals surface area contributed by atoms with Crippen LogP contribution in [0, 0.1) is 5.92 Å². The second kappa shape index (κ2) is 5.56. The van der Waals surface area contributed by atoms with Crippen LogP contribution in [-0.4, -0.2) is 59.1 Å². The molecule has 0 bridgehead atoms. The van der Waals surface area contributed by atoms with Gasteiger partial charge in [0.1, 0.15) is 0 Å². The number of amides is 2. The van der Waals surface area contributed by atoms with Crippen molar-refractivity contribution in [3.05, 3.63) is 0 Å². The summed E-state index contributed by atoms with van der Waals surface area (Å²) in [5.41, 5.74) is 5.86. The minimum Gasteiger partial charge on any atom is -0.481 e. The molecule has 102 valence electrons. The maximum atomic E-state index is 12.3. The summed E-state index contributed by atoms with van der Waals surface area (Å²) in [7, 11) is 0. The van der Waals surface area contributed by atoms with Crippen LogP contribution in [0.2, 0.25) is 0 Å². The highest BCUT2D eigenvalue weighted by atomic mass is 16.4. The maximum absolute atomic E-state index is 12.3. The fourth-order valence-electron chi connectivity index (χ4n) is 2.74. The third-order valence-corrected chi connectivity index (χ3v) is 3.77. The van der Waals surface area contributed by atoms with Gasteiger partial charge in [0.2, 0.25) is 0 Å². The molecule has 2 fully saturated rings. The highest BCUT2D eigenvalue weighted by Crippen LogP contribution is 2.19. The molecule has 3 N–H and O–H groups in total. The quantitative estimate of drug-likeness (QED) is 0.706. The van der Waals surface area contributed by atoms with E-state index in [9.17, 15) is 9.59 Å². The molecule has 0 spiro atoms. The molecular formula is C12H21N3O3. The molecule has 18 heavy (non-hydrogen) atoms. The lowest BCUT2D eigenvalue weighted by molar-refractivity contribution is -0.143. The van der Waals surface area contributed by atoms with Crippen LogP contribution in [-0.2, 0) is 4.79 Å². The predicted molar refractivity (Wildman–Crippen MR) is 66.1 cm³/mol. The summed E-state index contributed by atoms with van der Waals surface area (Å²) in [5, 5.41) is 9.02. The van der Waals surface area contributed by atoms with Gasteiger partial charge in [-0.2, -0.15) is 0 Å². The van der Waals surface area contributed by atoms with Crippen molar-refractivity contribution in [1.82, 2.24) is 9.80 Å². The Hall–Kier alpha value is -1.30. The number of urea groups is 1. The van der Waals surface area contributed by atoms with E-state index in [0.717, 1.165) is 25.8 Å². The highest BCUT2D eigenvalue weighted by Gasteiger charge is 2.31. The van der Waals surface area contributed by atoms with Gasteiger partial charge >= 0.3 is 12.0 Å². The van der Waals surface area contributed by atoms with Gasteiger partial charge in [-0.25, -0.2) is 4.79 Å². The van der Waals surface area contributed by atoms with E-state index in [4.69, 9.17) is 10.8 Å². The number of hydrogen-bond acceptors (Lipinski definition) is 3. The van der Waals surface area contributed by atoms with Crippen LogP contribution in [0.25, 0.3) is 0 Å². The summed E-state index contributed by atoms with van der Waals surface area (Å²) in [6.07, 6.45) is 3.33. The first-order valence-electron chi connectivity index (χ1n) is 6.60. The van der Waals surface area contributed by atoms with E-state index >= 15 is 0 Å². The molecule has 2 atom stereocenters. The SMILES string of the molecule is NC1CCCN(C(=O)N2CCCC(C(=O)O)C2)C1. The standard InChI is InChI=1S/C12H21N3O3/c13-10-4-2-6-15(8-10)12(18)14-5-1-3-9(7-14)11(16)17/h9-10H,1-8,13H2,(H,16,17). The van der Waals surface area contributed by atoms with Crippen molar-refractivity contribution in [3.63, 3.8) is 0 Å². The Bertz CT molecular complexity index is 335. The van der Waals surface area contributed by atoms with Crippen LogP contribution in [0.3, 0.4) is 0 Å².